The van der Waals surface area contributed by atoms with E-state index in [-0.39, 0.29) is 17.9 Å². The van der Waals surface area contributed by atoms with Gasteiger partial charge in [0.05, 0.1) is 12.0 Å². The summed E-state index contributed by atoms with van der Waals surface area (Å²) in [7, 11) is 0. The summed E-state index contributed by atoms with van der Waals surface area (Å²) in [6.45, 7) is 5.75. The van der Waals surface area contributed by atoms with E-state index in [1.54, 1.807) is 0 Å². The zero-order chi connectivity index (χ0) is 25.4. The topological polar surface area (TPSA) is 55.9 Å². The van der Waals surface area contributed by atoms with Crippen molar-refractivity contribution in [3.05, 3.63) is 100 Å². The molecule has 6 nitrogen and oxygen atoms in total. The van der Waals surface area contributed by atoms with E-state index in [1.165, 1.54) is 5.56 Å². The summed E-state index contributed by atoms with van der Waals surface area (Å²) in [5.74, 6) is -0.407. The van der Waals surface area contributed by atoms with Crippen LogP contribution in [0.4, 0.5) is 5.69 Å². The summed E-state index contributed by atoms with van der Waals surface area (Å²) in [6.07, 6.45) is 0.816. The van der Waals surface area contributed by atoms with Gasteiger partial charge in [-0.3, -0.25) is 14.5 Å². The molecule has 2 atom stereocenters. The number of halogens is 1. The Balaban J connectivity index is 1.14. The van der Waals surface area contributed by atoms with Crippen LogP contribution in [-0.2, 0) is 11.2 Å². The van der Waals surface area contributed by atoms with Gasteiger partial charge < -0.3 is 15.1 Å². The maximum Gasteiger partial charge on any atom is 0.254 e. The number of anilines is 1. The number of carbonyl (C=O) groups excluding carboxylic acids is 2. The molecule has 2 amide bonds. The van der Waals surface area contributed by atoms with Gasteiger partial charge in [-0.05, 0) is 47.4 Å². The number of piperazine rings is 1. The Morgan fingerprint density at radius 3 is 2.46 bits per heavy atom. The van der Waals surface area contributed by atoms with Gasteiger partial charge in [-0.2, -0.15) is 0 Å². The van der Waals surface area contributed by atoms with Crippen molar-refractivity contribution in [1.82, 2.24) is 15.1 Å². The van der Waals surface area contributed by atoms with Gasteiger partial charge in [0.1, 0.15) is 0 Å². The zero-order valence-electron chi connectivity index (χ0n) is 20.8. The van der Waals surface area contributed by atoms with Crippen molar-refractivity contribution in [2.45, 2.75) is 18.4 Å². The summed E-state index contributed by atoms with van der Waals surface area (Å²) in [5.41, 5.74) is 4.96. The van der Waals surface area contributed by atoms with E-state index in [1.807, 2.05) is 59.5 Å². The Kier molecular flexibility index (Phi) is 6.61. The Morgan fingerprint density at radius 1 is 0.892 bits per heavy atom. The fraction of sp³-hybridized carbons (Fsp3) is 0.333. The highest BCUT2D eigenvalue weighted by molar-refractivity contribution is 6.30. The molecule has 0 aliphatic carbocycles. The van der Waals surface area contributed by atoms with Crippen molar-refractivity contribution in [2.75, 3.05) is 50.7 Å². The van der Waals surface area contributed by atoms with Crippen LogP contribution in [0.2, 0.25) is 5.02 Å². The van der Waals surface area contributed by atoms with Gasteiger partial charge in [0.2, 0.25) is 5.91 Å². The smallest absolute Gasteiger partial charge is 0.254 e. The molecule has 0 radical (unpaired) electrons. The molecule has 3 aliphatic rings. The first-order valence-electron chi connectivity index (χ1n) is 13.1. The number of rotatable bonds is 5. The number of carbonyl (C=O) groups is 2. The second kappa shape index (κ2) is 10.2. The lowest BCUT2D eigenvalue weighted by Crippen LogP contribution is -2.51. The lowest BCUT2D eigenvalue weighted by Gasteiger charge is -2.45. The average Bonchev–Trinajstić information content (AvgIpc) is 2.93. The lowest BCUT2D eigenvalue weighted by atomic mass is 9.76. The van der Waals surface area contributed by atoms with Gasteiger partial charge in [0, 0.05) is 62.1 Å². The fourth-order valence-electron chi connectivity index (χ4n) is 6.11. The Morgan fingerprint density at radius 2 is 1.65 bits per heavy atom. The summed E-state index contributed by atoms with van der Waals surface area (Å²) in [5, 5.41) is 3.98. The highest BCUT2D eigenvalue weighted by atomic mass is 35.5. The standard InChI is InChI=1S/C30H31ClN4O2/c31-22-7-5-8-23(20-22)34-18-16-33(17-19-34)15-13-32-29(36)27-25-10-3-4-11-26(25)30(37)35-14-12-21-6-1-2-9-24(21)28(27)35/h1-11,20,27-28H,12-19H2,(H,32,36). The molecule has 0 spiro atoms. The van der Waals surface area contributed by atoms with E-state index >= 15 is 0 Å². The van der Waals surface area contributed by atoms with Crippen molar-refractivity contribution < 1.29 is 9.59 Å². The third kappa shape index (κ3) is 4.60. The normalized spacial score (nSPS) is 21.2. The van der Waals surface area contributed by atoms with Crippen LogP contribution in [0.3, 0.4) is 0 Å². The summed E-state index contributed by atoms with van der Waals surface area (Å²) in [4.78, 5) is 33.8. The number of nitrogens with one attached hydrogen (secondary N) is 1. The molecule has 0 bridgehead atoms. The zero-order valence-corrected chi connectivity index (χ0v) is 21.5. The molecule has 3 heterocycles. The van der Waals surface area contributed by atoms with Gasteiger partial charge in [-0.15, -0.1) is 0 Å². The van der Waals surface area contributed by atoms with Crippen LogP contribution in [0.25, 0.3) is 0 Å². The second-order valence-corrected chi connectivity index (χ2v) is 10.5. The third-order valence-corrected chi connectivity index (χ3v) is 8.22. The first-order valence-corrected chi connectivity index (χ1v) is 13.5. The van der Waals surface area contributed by atoms with Crippen LogP contribution in [-0.4, -0.2) is 67.4 Å². The number of benzene rings is 3. The van der Waals surface area contributed by atoms with Gasteiger partial charge >= 0.3 is 0 Å². The van der Waals surface area contributed by atoms with Gasteiger partial charge in [-0.25, -0.2) is 0 Å². The molecule has 1 N–H and O–H groups in total. The summed E-state index contributed by atoms with van der Waals surface area (Å²) >= 11 is 6.17. The molecule has 0 aromatic heterocycles. The van der Waals surface area contributed by atoms with E-state index < -0.39 is 5.92 Å². The van der Waals surface area contributed by atoms with Crippen LogP contribution in [0, 0.1) is 0 Å². The van der Waals surface area contributed by atoms with E-state index in [0.29, 0.717) is 18.7 Å². The monoisotopic (exact) mass is 514 g/mol. The lowest BCUT2D eigenvalue weighted by molar-refractivity contribution is -0.124. The van der Waals surface area contributed by atoms with Crippen LogP contribution in [0.15, 0.2) is 72.8 Å². The molecule has 0 saturated carbocycles. The summed E-state index contributed by atoms with van der Waals surface area (Å²) < 4.78 is 0. The van der Waals surface area contributed by atoms with Gasteiger partial charge in [-0.1, -0.05) is 60.1 Å². The number of hydrogen-bond acceptors (Lipinski definition) is 4. The Labute approximate surface area is 222 Å². The Bertz CT molecular complexity index is 1320. The first kappa shape index (κ1) is 24.0. The molecule has 3 aliphatic heterocycles. The van der Waals surface area contributed by atoms with Crippen LogP contribution in [0.5, 0.6) is 0 Å². The first-order chi connectivity index (χ1) is 18.1. The van der Waals surface area contributed by atoms with Crippen LogP contribution in [0.1, 0.15) is 39.0 Å². The molecular formula is C30H31ClN4O2. The largest absolute Gasteiger partial charge is 0.369 e. The predicted octanol–water partition coefficient (Wildman–Crippen LogP) is 4.12. The number of amides is 2. The van der Waals surface area contributed by atoms with E-state index in [4.69, 9.17) is 11.6 Å². The quantitative estimate of drug-likeness (QED) is 0.556. The predicted molar refractivity (Wildman–Crippen MR) is 146 cm³/mol. The van der Waals surface area contributed by atoms with Crippen molar-refractivity contribution >= 4 is 29.1 Å². The molecule has 1 fully saturated rings. The number of fused-ring (bicyclic) bond motifs is 4. The molecule has 3 aromatic carbocycles. The third-order valence-electron chi connectivity index (χ3n) is 7.99. The molecule has 6 rings (SSSR count). The van der Waals surface area contributed by atoms with E-state index in [0.717, 1.165) is 61.0 Å². The molecule has 3 aromatic rings. The van der Waals surface area contributed by atoms with Gasteiger partial charge in [0.25, 0.3) is 5.91 Å². The molecular weight excluding hydrogens is 484 g/mol. The van der Waals surface area contributed by atoms with Crippen molar-refractivity contribution in [3.8, 4) is 0 Å². The van der Waals surface area contributed by atoms with E-state index in [9.17, 15) is 9.59 Å². The number of hydrogen-bond donors (Lipinski definition) is 1. The van der Waals surface area contributed by atoms with Crippen LogP contribution < -0.4 is 10.2 Å². The maximum absolute atomic E-state index is 13.8. The minimum absolute atomic E-state index is 0.00998. The Hall–Kier alpha value is -3.35. The second-order valence-electron chi connectivity index (χ2n) is 10.1. The van der Waals surface area contributed by atoms with E-state index in [2.05, 4.69) is 33.3 Å². The minimum atomic E-state index is -0.421. The average molecular weight is 515 g/mol. The minimum Gasteiger partial charge on any atom is -0.369 e. The fourth-order valence-corrected chi connectivity index (χ4v) is 6.29. The maximum atomic E-state index is 13.8. The van der Waals surface area contributed by atoms with Gasteiger partial charge in [0.15, 0.2) is 0 Å². The number of nitrogens with zero attached hydrogens (tertiary/aromatic N) is 3. The SMILES string of the molecule is O=C(NCCN1CCN(c2cccc(Cl)c2)CC1)C1c2ccccc2C(=O)N2CCc3ccccc3C12. The van der Waals surface area contributed by atoms with Crippen molar-refractivity contribution in [1.29, 1.82) is 0 Å². The van der Waals surface area contributed by atoms with Crippen molar-refractivity contribution in [2.24, 2.45) is 0 Å². The highest BCUT2D eigenvalue weighted by Crippen LogP contribution is 2.45. The molecule has 7 heteroatoms. The summed E-state index contributed by atoms with van der Waals surface area (Å²) in [6, 6.07) is 23.6. The van der Waals surface area contributed by atoms with Crippen LogP contribution >= 0.6 is 11.6 Å². The van der Waals surface area contributed by atoms with Crippen molar-refractivity contribution in [3.63, 3.8) is 0 Å². The molecule has 190 valence electrons. The molecule has 2 unspecified atom stereocenters. The highest BCUT2D eigenvalue weighted by Gasteiger charge is 2.46. The molecule has 1 saturated heterocycles. The molecule has 37 heavy (non-hydrogen) atoms.